The summed E-state index contributed by atoms with van der Waals surface area (Å²) in [5.41, 5.74) is 0.222. The Morgan fingerprint density at radius 1 is 1.20 bits per heavy atom. The molecule has 3 amide bonds. The van der Waals surface area contributed by atoms with Gasteiger partial charge in [0.25, 0.3) is 5.91 Å². The van der Waals surface area contributed by atoms with E-state index >= 15 is 0 Å². The molecule has 1 saturated heterocycles. The van der Waals surface area contributed by atoms with Crippen molar-refractivity contribution in [2.45, 2.75) is 37.6 Å². The average Bonchev–Trinajstić information content (AvgIpc) is 2.94. The Kier molecular flexibility index (Phi) is 6.11. The average molecular weight is 363 g/mol. The van der Waals surface area contributed by atoms with E-state index in [-0.39, 0.29) is 35.6 Å². The molecule has 0 aromatic heterocycles. The Labute approximate surface area is 153 Å². The molecule has 1 aromatic carbocycles. The van der Waals surface area contributed by atoms with Gasteiger partial charge >= 0.3 is 0 Å². The van der Waals surface area contributed by atoms with Crippen molar-refractivity contribution < 1.29 is 14.4 Å². The van der Waals surface area contributed by atoms with E-state index in [1.54, 1.807) is 23.1 Å². The lowest BCUT2D eigenvalue weighted by atomic mass is 10.1. The number of carbonyl (C=O) groups is 3. The first kappa shape index (κ1) is 19.3. The summed E-state index contributed by atoms with van der Waals surface area (Å²) in [5, 5.41) is 5.53. The number of rotatable bonds is 5. The predicted molar refractivity (Wildman–Crippen MR) is 98.6 cm³/mol. The smallest absolute Gasteiger partial charge is 0.252 e. The summed E-state index contributed by atoms with van der Waals surface area (Å²) < 4.78 is 0. The van der Waals surface area contributed by atoms with Gasteiger partial charge in [-0.05, 0) is 32.9 Å². The van der Waals surface area contributed by atoms with Gasteiger partial charge in [-0.2, -0.15) is 0 Å². The lowest BCUT2D eigenvalue weighted by Gasteiger charge is -2.31. The molecule has 0 bridgehead atoms. The highest BCUT2D eigenvalue weighted by Gasteiger charge is 2.39. The van der Waals surface area contributed by atoms with E-state index < -0.39 is 0 Å². The van der Waals surface area contributed by atoms with Gasteiger partial charge in [-0.1, -0.05) is 12.1 Å². The molecule has 1 heterocycles. The lowest BCUT2D eigenvalue weighted by molar-refractivity contribution is -0.132. The standard InChI is InChI=1S/C18H25N3O3S/c1-18(2,3)21-11-12(10-15(21)22)16(23)19-8-9-20-17(24)13-6-4-5-7-14(13)25/h4-7,12,25H,8-11H2,1-3H3,(H,19,23)(H,20,24). The number of thiol groups is 1. The van der Waals surface area contributed by atoms with Crippen LogP contribution in [0.4, 0.5) is 0 Å². The number of nitrogens with one attached hydrogen (secondary N) is 2. The van der Waals surface area contributed by atoms with Gasteiger partial charge in [0.2, 0.25) is 11.8 Å². The second-order valence-electron chi connectivity index (χ2n) is 7.14. The summed E-state index contributed by atoms with van der Waals surface area (Å²) in [6, 6.07) is 7.02. The van der Waals surface area contributed by atoms with Gasteiger partial charge in [0.1, 0.15) is 0 Å². The molecular formula is C18H25N3O3S. The third-order valence-electron chi connectivity index (χ3n) is 4.16. The Morgan fingerprint density at radius 2 is 1.84 bits per heavy atom. The van der Waals surface area contributed by atoms with E-state index in [0.717, 1.165) is 0 Å². The van der Waals surface area contributed by atoms with Crippen LogP contribution in [-0.2, 0) is 9.59 Å². The minimum Gasteiger partial charge on any atom is -0.354 e. The predicted octanol–water partition coefficient (Wildman–Crippen LogP) is 1.47. The summed E-state index contributed by atoms with van der Waals surface area (Å²) >= 11 is 4.25. The van der Waals surface area contributed by atoms with E-state index in [9.17, 15) is 14.4 Å². The molecule has 0 saturated carbocycles. The van der Waals surface area contributed by atoms with Crippen molar-refractivity contribution in [2.75, 3.05) is 19.6 Å². The van der Waals surface area contributed by atoms with Crippen LogP contribution in [0.2, 0.25) is 0 Å². The van der Waals surface area contributed by atoms with Gasteiger partial charge < -0.3 is 15.5 Å². The van der Waals surface area contributed by atoms with Crippen LogP contribution in [0.3, 0.4) is 0 Å². The maximum atomic E-state index is 12.2. The summed E-state index contributed by atoms with van der Waals surface area (Å²) in [4.78, 5) is 38.6. The van der Waals surface area contributed by atoms with Gasteiger partial charge in [-0.25, -0.2) is 0 Å². The number of amides is 3. The van der Waals surface area contributed by atoms with Crippen molar-refractivity contribution in [3.8, 4) is 0 Å². The van der Waals surface area contributed by atoms with Crippen molar-refractivity contribution >= 4 is 30.4 Å². The van der Waals surface area contributed by atoms with Crippen LogP contribution in [0.15, 0.2) is 29.2 Å². The largest absolute Gasteiger partial charge is 0.354 e. The fraction of sp³-hybridized carbons (Fsp3) is 0.500. The van der Waals surface area contributed by atoms with Gasteiger partial charge in [-0.15, -0.1) is 12.6 Å². The zero-order chi connectivity index (χ0) is 18.6. The lowest BCUT2D eigenvalue weighted by Crippen LogP contribution is -2.43. The minimum atomic E-state index is -0.333. The van der Waals surface area contributed by atoms with Crippen molar-refractivity contribution in [2.24, 2.45) is 5.92 Å². The van der Waals surface area contributed by atoms with Gasteiger partial charge in [0.05, 0.1) is 11.5 Å². The normalized spacial score (nSPS) is 17.5. The Morgan fingerprint density at radius 3 is 2.44 bits per heavy atom. The van der Waals surface area contributed by atoms with Crippen molar-refractivity contribution in [1.82, 2.24) is 15.5 Å². The van der Waals surface area contributed by atoms with Crippen LogP contribution in [0, 0.1) is 5.92 Å². The summed E-state index contributed by atoms with van der Waals surface area (Å²) in [6.45, 7) is 6.95. The van der Waals surface area contributed by atoms with Crippen molar-refractivity contribution in [3.63, 3.8) is 0 Å². The maximum absolute atomic E-state index is 12.2. The molecule has 0 spiro atoms. The van der Waals surface area contributed by atoms with E-state index in [4.69, 9.17) is 0 Å². The van der Waals surface area contributed by atoms with Gasteiger partial charge in [0, 0.05) is 36.5 Å². The first-order valence-electron chi connectivity index (χ1n) is 8.34. The molecule has 0 radical (unpaired) electrons. The highest BCUT2D eigenvalue weighted by atomic mass is 32.1. The Balaban J connectivity index is 1.75. The molecule has 1 fully saturated rings. The monoisotopic (exact) mass is 363 g/mol. The van der Waals surface area contributed by atoms with Gasteiger partial charge in [-0.3, -0.25) is 14.4 Å². The molecule has 136 valence electrons. The van der Waals surface area contributed by atoms with Crippen LogP contribution in [0.5, 0.6) is 0 Å². The SMILES string of the molecule is CC(C)(C)N1CC(C(=O)NCCNC(=O)c2ccccc2S)CC1=O. The van der Waals surface area contributed by atoms with E-state index in [1.165, 1.54) is 0 Å². The van der Waals surface area contributed by atoms with Crippen LogP contribution >= 0.6 is 12.6 Å². The summed E-state index contributed by atoms with van der Waals surface area (Å²) in [5.74, 6) is -0.703. The molecule has 6 nitrogen and oxygen atoms in total. The van der Waals surface area contributed by atoms with Crippen LogP contribution in [0.1, 0.15) is 37.6 Å². The number of carbonyl (C=O) groups excluding carboxylic acids is 3. The second-order valence-corrected chi connectivity index (χ2v) is 7.62. The zero-order valence-corrected chi connectivity index (χ0v) is 15.7. The van der Waals surface area contributed by atoms with Crippen LogP contribution < -0.4 is 10.6 Å². The molecular weight excluding hydrogens is 338 g/mol. The first-order chi connectivity index (χ1) is 11.7. The topological polar surface area (TPSA) is 78.5 Å². The number of hydrogen-bond donors (Lipinski definition) is 3. The summed E-state index contributed by atoms with van der Waals surface area (Å²) in [6.07, 6.45) is 0.239. The molecule has 1 atom stereocenters. The summed E-state index contributed by atoms with van der Waals surface area (Å²) in [7, 11) is 0. The molecule has 1 aromatic rings. The number of benzene rings is 1. The molecule has 7 heteroatoms. The maximum Gasteiger partial charge on any atom is 0.252 e. The van der Waals surface area contributed by atoms with E-state index in [2.05, 4.69) is 23.3 Å². The third kappa shape index (κ3) is 4.98. The van der Waals surface area contributed by atoms with Crippen molar-refractivity contribution in [1.29, 1.82) is 0 Å². The number of nitrogens with zero attached hydrogens (tertiary/aromatic N) is 1. The number of hydrogen-bond acceptors (Lipinski definition) is 4. The Bertz CT molecular complexity index is 670. The molecule has 0 aliphatic carbocycles. The molecule has 2 N–H and O–H groups in total. The number of likely N-dealkylation sites (tertiary alicyclic amines) is 1. The minimum absolute atomic E-state index is 0.00587. The van der Waals surface area contributed by atoms with Crippen LogP contribution in [-0.4, -0.2) is 47.8 Å². The fourth-order valence-electron chi connectivity index (χ4n) is 2.80. The highest BCUT2D eigenvalue weighted by molar-refractivity contribution is 7.80. The third-order valence-corrected chi connectivity index (χ3v) is 4.55. The van der Waals surface area contributed by atoms with Crippen molar-refractivity contribution in [3.05, 3.63) is 29.8 Å². The highest BCUT2D eigenvalue weighted by Crippen LogP contribution is 2.25. The fourth-order valence-corrected chi connectivity index (χ4v) is 3.06. The molecule has 25 heavy (non-hydrogen) atoms. The zero-order valence-electron chi connectivity index (χ0n) is 14.8. The molecule has 1 aliphatic rings. The Hall–Kier alpha value is -2.02. The first-order valence-corrected chi connectivity index (χ1v) is 8.79. The van der Waals surface area contributed by atoms with Gasteiger partial charge in [0.15, 0.2) is 0 Å². The van der Waals surface area contributed by atoms with Crippen LogP contribution in [0.25, 0.3) is 0 Å². The molecule has 2 rings (SSSR count). The second kappa shape index (κ2) is 7.91. The molecule has 1 unspecified atom stereocenters. The quantitative estimate of drug-likeness (QED) is 0.548. The van der Waals surface area contributed by atoms with E-state index in [1.807, 2.05) is 26.8 Å². The molecule has 1 aliphatic heterocycles. The van der Waals surface area contributed by atoms with E-state index in [0.29, 0.717) is 30.1 Å².